The third-order valence-electron chi connectivity index (χ3n) is 3.93. The number of thiophene rings is 1. The van der Waals surface area contributed by atoms with E-state index in [1.807, 2.05) is 24.3 Å². The lowest BCUT2D eigenvalue weighted by Gasteiger charge is -2.25. The topological polar surface area (TPSA) is 30.5 Å². The SMILES string of the molecule is CC(C)(C)C#CC=CCNCc1cccc(OCC(C)(C)OCc2ccsc2)c1. The van der Waals surface area contributed by atoms with Gasteiger partial charge in [-0.2, -0.15) is 11.3 Å². The lowest BCUT2D eigenvalue weighted by atomic mass is 9.98. The predicted octanol–water partition coefficient (Wildman–Crippen LogP) is 5.82. The van der Waals surface area contributed by atoms with Crippen LogP contribution in [0.15, 0.2) is 53.2 Å². The van der Waals surface area contributed by atoms with Crippen LogP contribution in [0.2, 0.25) is 0 Å². The molecule has 3 nitrogen and oxygen atoms in total. The molecule has 0 amide bonds. The summed E-state index contributed by atoms with van der Waals surface area (Å²) in [6, 6.07) is 10.3. The third kappa shape index (κ3) is 10.3. The Kier molecular flexibility index (Phi) is 8.98. The van der Waals surface area contributed by atoms with E-state index in [4.69, 9.17) is 9.47 Å². The predicted molar refractivity (Wildman–Crippen MR) is 123 cm³/mol. The molecular formula is C25H33NO2S. The van der Waals surface area contributed by atoms with E-state index in [0.29, 0.717) is 13.2 Å². The highest BCUT2D eigenvalue weighted by Gasteiger charge is 2.20. The number of hydrogen-bond acceptors (Lipinski definition) is 4. The quantitative estimate of drug-likeness (QED) is 0.395. The molecule has 0 saturated heterocycles. The average molecular weight is 412 g/mol. The molecular weight excluding hydrogens is 378 g/mol. The molecule has 0 aliphatic rings. The first-order chi connectivity index (χ1) is 13.7. The van der Waals surface area contributed by atoms with Crippen LogP contribution >= 0.6 is 11.3 Å². The van der Waals surface area contributed by atoms with Crippen LogP contribution in [0.4, 0.5) is 0 Å². The minimum Gasteiger partial charge on any atom is -0.491 e. The molecule has 1 N–H and O–H groups in total. The van der Waals surface area contributed by atoms with Crippen molar-refractivity contribution in [3.63, 3.8) is 0 Å². The first-order valence-electron chi connectivity index (χ1n) is 9.99. The van der Waals surface area contributed by atoms with Gasteiger partial charge in [-0.25, -0.2) is 0 Å². The fourth-order valence-corrected chi connectivity index (χ4v) is 3.03. The van der Waals surface area contributed by atoms with Crippen molar-refractivity contribution in [3.8, 4) is 17.6 Å². The van der Waals surface area contributed by atoms with Crippen molar-refractivity contribution in [2.75, 3.05) is 13.2 Å². The van der Waals surface area contributed by atoms with Gasteiger partial charge in [-0.05, 0) is 80.8 Å². The van der Waals surface area contributed by atoms with E-state index in [9.17, 15) is 0 Å². The summed E-state index contributed by atoms with van der Waals surface area (Å²) >= 11 is 1.69. The first kappa shape index (κ1) is 23.2. The maximum absolute atomic E-state index is 6.01. The van der Waals surface area contributed by atoms with Crippen LogP contribution < -0.4 is 10.1 Å². The zero-order chi connectivity index (χ0) is 21.2. The van der Waals surface area contributed by atoms with Gasteiger partial charge in [-0.15, -0.1) is 0 Å². The van der Waals surface area contributed by atoms with Gasteiger partial charge in [-0.3, -0.25) is 0 Å². The Hall–Kier alpha value is -2.06. The minimum atomic E-state index is -0.352. The monoisotopic (exact) mass is 411 g/mol. The minimum absolute atomic E-state index is 0.0434. The molecule has 29 heavy (non-hydrogen) atoms. The van der Waals surface area contributed by atoms with E-state index in [1.165, 1.54) is 11.1 Å². The second-order valence-electron chi connectivity index (χ2n) is 8.67. The molecule has 0 spiro atoms. The summed E-state index contributed by atoms with van der Waals surface area (Å²) < 4.78 is 12.0. The van der Waals surface area contributed by atoms with E-state index < -0.39 is 0 Å². The molecule has 0 aliphatic heterocycles. The van der Waals surface area contributed by atoms with Gasteiger partial charge in [0, 0.05) is 18.5 Å². The second-order valence-corrected chi connectivity index (χ2v) is 9.45. The maximum Gasteiger partial charge on any atom is 0.119 e. The maximum atomic E-state index is 6.01. The summed E-state index contributed by atoms with van der Waals surface area (Å²) in [5.41, 5.74) is 2.08. The number of benzene rings is 1. The molecule has 156 valence electrons. The van der Waals surface area contributed by atoms with E-state index in [0.717, 1.165) is 18.8 Å². The fourth-order valence-electron chi connectivity index (χ4n) is 2.37. The number of rotatable bonds is 10. The molecule has 0 unspecified atom stereocenters. The van der Waals surface area contributed by atoms with Gasteiger partial charge >= 0.3 is 0 Å². The van der Waals surface area contributed by atoms with Gasteiger partial charge in [-0.1, -0.05) is 30.0 Å². The summed E-state index contributed by atoms with van der Waals surface area (Å²) in [5, 5.41) is 7.58. The molecule has 0 radical (unpaired) electrons. The van der Waals surface area contributed by atoms with Crippen LogP contribution in [0.5, 0.6) is 5.75 Å². The Labute approximate surface area is 180 Å². The highest BCUT2D eigenvalue weighted by Crippen LogP contribution is 2.19. The van der Waals surface area contributed by atoms with Gasteiger partial charge in [0.05, 0.1) is 12.2 Å². The van der Waals surface area contributed by atoms with Crippen molar-refractivity contribution in [2.24, 2.45) is 5.41 Å². The van der Waals surface area contributed by atoms with E-state index in [1.54, 1.807) is 11.3 Å². The molecule has 0 aliphatic carbocycles. The standard InChI is InChI=1S/C25H33NO2S/c1-24(2,3)13-7-6-8-14-26-17-21-10-9-11-23(16-21)27-20-25(4,5)28-18-22-12-15-29-19-22/h6,8-12,15-16,19,26H,14,17-18,20H2,1-5H3. The molecule has 2 aromatic rings. The van der Waals surface area contributed by atoms with Crippen molar-refractivity contribution in [1.82, 2.24) is 5.32 Å². The van der Waals surface area contributed by atoms with E-state index >= 15 is 0 Å². The van der Waals surface area contributed by atoms with Crippen LogP contribution in [-0.2, 0) is 17.9 Å². The highest BCUT2D eigenvalue weighted by molar-refractivity contribution is 7.07. The third-order valence-corrected chi connectivity index (χ3v) is 4.67. The van der Waals surface area contributed by atoms with Gasteiger partial charge in [0.25, 0.3) is 0 Å². The first-order valence-corrected chi connectivity index (χ1v) is 10.9. The Morgan fingerprint density at radius 3 is 2.66 bits per heavy atom. The molecule has 4 heteroatoms. The Bertz CT molecular complexity index is 820. The van der Waals surface area contributed by atoms with Crippen molar-refractivity contribution < 1.29 is 9.47 Å². The second kappa shape index (κ2) is 11.2. The zero-order valence-electron chi connectivity index (χ0n) is 18.2. The summed E-state index contributed by atoms with van der Waals surface area (Å²) in [6.45, 7) is 13.1. The average Bonchev–Trinajstić information content (AvgIpc) is 3.17. The lowest BCUT2D eigenvalue weighted by Crippen LogP contribution is -2.32. The molecule has 2 rings (SSSR count). The summed E-state index contributed by atoms with van der Waals surface area (Å²) in [7, 11) is 0. The number of hydrogen-bond donors (Lipinski definition) is 1. The molecule has 0 saturated carbocycles. The van der Waals surface area contributed by atoms with Gasteiger partial charge in [0.2, 0.25) is 0 Å². The van der Waals surface area contributed by atoms with Gasteiger partial charge in [0.15, 0.2) is 0 Å². The number of ether oxygens (including phenoxy) is 2. The molecule has 0 bridgehead atoms. The fraction of sp³-hybridized carbons (Fsp3) is 0.440. The Morgan fingerprint density at radius 2 is 1.93 bits per heavy atom. The molecule has 1 aromatic heterocycles. The molecule has 0 fully saturated rings. The van der Waals surface area contributed by atoms with Crippen LogP contribution in [0.3, 0.4) is 0 Å². The van der Waals surface area contributed by atoms with Crippen molar-refractivity contribution in [2.45, 2.75) is 53.4 Å². The zero-order valence-corrected chi connectivity index (χ0v) is 19.1. The number of nitrogens with one attached hydrogen (secondary N) is 1. The largest absolute Gasteiger partial charge is 0.491 e. The summed E-state index contributed by atoms with van der Waals surface area (Å²) in [4.78, 5) is 0. The van der Waals surface area contributed by atoms with Gasteiger partial charge < -0.3 is 14.8 Å². The Morgan fingerprint density at radius 1 is 1.10 bits per heavy atom. The lowest BCUT2D eigenvalue weighted by molar-refractivity contribution is -0.0568. The summed E-state index contributed by atoms with van der Waals surface area (Å²) in [5.74, 6) is 7.14. The van der Waals surface area contributed by atoms with Crippen molar-refractivity contribution in [3.05, 3.63) is 64.4 Å². The van der Waals surface area contributed by atoms with E-state index in [2.05, 4.69) is 80.7 Å². The molecule has 1 heterocycles. The van der Waals surface area contributed by atoms with Crippen molar-refractivity contribution >= 4 is 11.3 Å². The van der Waals surface area contributed by atoms with Crippen molar-refractivity contribution in [1.29, 1.82) is 0 Å². The van der Waals surface area contributed by atoms with Crippen LogP contribution in [0.1, 0.15) is 45.7 Å². The van der Waals surface area contributed by atoms with E-state index in [-0.39, 0.29) is 11.0 Å². The highest BCUT2D eigenvalue weighted by atomic mass is 32.1. The van der Waals surface area contributed by atoms with Crippen LogP contribution in [0, 0.1) is 17.3 Å². The smallest absolute Gasteiger partial charge is 0.119 e. The summed E-state index contributed by atoms with van der Waals surface area (Å²) in [6.07, 6.45) is 3.96. The number of allylic oxidation sites excluding steroid dienone is 1. The van der Waals surface area contributed by atoms with Crippen LogP contribution in [0.25, 0.3) is 0 Å². The normalized spacial score (nSPS) is 12.0. The van der Waals surface area contributed by atoms with Crippen LogP contribution in [-0.4, -0.2) is 18.8 Å². The Balaban J connectivity index is 1.74. The molecule has 0 atom stereocenters. The molecule has 1 aromatic carbocycles. The van der Waals surface area contributed by atoms with Gasteiger partial charge in [0.1, 0.15) is 12.4 Å².